The summed E-state index contributed by atoms with van der Waals surface area (Å²) in [6, 6.07) is 0. The quantitative estimate of drug-likeness (QED) is 0.695. The topological polar surface area (TPSA) is 27.1 Å². The van der Waals surface area contributed by atoms with E-state index in [9.17, 15) is 8.78 Å². The summed E-state index contributed by atoms with van der Waals surface area (Å²) in [6.07, 6.45) is 2.14. The van der Waals surface area contributed by atoms with Crippen molar-refractivity contribution in [1.82, 2.24) is 9.78 Å². The molecule has 11 heavy (non-hydrogen) atoms. The second-order valence-corrected chi connectivity index (χ2v) is 2.04. The van der Waals surface area contributed by atoms with E-state index in [0.29, 0.717) is 4.68 Å². The number of hydrogen-bond donors (Lipinski definition) is 0. The Balaban J connectivity index is 3.05. The fourth-order valence-corrected chi connectivity index (χ4v) is 0.809. The number of halogens is 3. The normalized spacial score (nSPS) is 10.6. The number of methoxy groups -OCH3 is 1. The molecule has 0 amide bonds. The number of alkyl halides is 2. The third-order valence-corrected chi connectivity index (χ3v) is 1.28. The molecular weight excluding hydrogens is 178 g/mol. The Morgan fingerprint density at radius 2 is 2.36 bits per heavy atom. The van der Waals surface area contributed by atoms with Crippen LogP contribution in [-0.2, 0) is 0 Å². The highest BCUT2D eigenvalue weighted by molar-refractivity contribution is 6.31. The molecule has 1 radical (unpaired) electrons. The molecule has 61 valence electrons. The van der Waals surface area contributed by atoms with E-state index >= 15 is 0 Å². The van der Waals surface area contributed by atoms with Gasteiger partial charge in [-0.2, -0.15) is 18.6 Å². The molecular formula is C5H4ClF2N2O. The van der Waals surface area contributed by atoms with Gasteiger partial charge in [0.25, 0.3) is 0 Å². The summed E-state index contributed by atoms with van der Waals surface area (Å²) in [5.41, 5.74) is 0. The minimum Gasteiger partial charge on any atom is -0.480 e. The molecule has 1 aromatic heterocycles. The average molecular weight is 182 g/mol. The lowest BCUT2D eigenvalue weighted by Gasteiger charge is -2.03. The van der Waals surface area contributed by atoms with Gasteiger partial charge in [-0.05, 0) is 0 Å². The number of ether oxygens (including phenoxy) is 1. The van der Waals surface area contributed by atoms with Gasteiger partial charge in [0.05, 0.1) is 7.11 Å². The minimum atomic E-state index is -2.76. The molecule has 0 bridgehead atoms. The van der Waals surface area contributed by atoms with Crippen molar-refractivity contribution in [3.63, 3.8) is 0 Å². The first kappa shape index (κ1) is 8.26. The minimum absolute atomic E-state index is 0.0483. The summed E-state index contributed by atoms with van der Waals surface area (Å²) in [6.45, 7) is -2.76. The number of nitrogens with zero attached hydrogens (tertiary/aromatic N) is 2. The largest absolute Gasteiger partial charge is 0.480 e. The van der Waals surface area contributed by atoms with Crippen molar-refractivity contribution in [2.24, 2.45) is 0 Å². The maximum Gasteiger partial charge on any atom is 0.336 e. The monoisotopic (exact) mass is 181 g/mol. The SMILES string of the molecule is COc1c(Cl)[c]nn1C(F)F. The molecule has 0 aliphatic heterocycles. The second kappa shape index (κ2) is 3.04. The molecule has 1 aromatic rings. The molecule has 0 atom stereocenters. The second-order valence-electron chi connectivity index (χ2n) is 1.66. The van der Waals surface area contributed by atoms with Crippen molar-refractivity contribution in [3.8, 4) is 5.88 Å². The van der Waals surface area contributed by atoms with Gasteiger partial charge in [-0.15, -0.1) is 0 Å². The van der Waals surface area contributed by atoms with Crippen LogP contribution in [0.5, 0.6) is 5.88 Å². The number of aromatic nitrogens is 2. The highest BCUT2D eigenvalue weighted by atomic mass is 35.5. The zero-order chi connectivity index (χ0) is 8.43. The predicted molar refractivity (Wildman–Crippen MR) is 33.9 cm³/mol. The summed E-state index contributed by atoms with van der Waals surface area (Å²) < 4.78 is 28.8. The van der Waals surface area contributed by atoms with Gasteiger partial charge in [0, 0.05) is 0 Å². The molecule has 1 heterocycles. The molecule has 0 saturated heterocycles. The van der Waals surface area contributed by atoms with Gasteiger partial charge in [0.15, 0.2) is 0 Å². The Labute approximate surface area is 66.5 Å². The smallest absolute Gasteiger partial charge is 0.336 e. The van der Waals surface area contributed by atoms with Gasteiger partial charge in [-0.1, -0.05) is 11.6 Å². The van der Waals surface area contributed by atoms with E-state index < -0.39 is 6.55 Å². The van der Waals surface area contributed by atoms with Crippen LogP contribution in [0.3, 0.4) is 0 Å². The van der Waals surface area contributed by atoms with Crippen LogP contribution in [0, 0.1) is 6.20 Å². The van der Waals surface area contributed by atoms with Crippen molar-refractivity contribution >= 4 is 11.6 Å². The summed E-state index contributed by atoms with van der Waals surface area (Å²) in [4.78, 5) is 0. The fraction of sp³-hybridized carbons (Fsp3) is 0.400. The highest BCUT2D eigenvalue weighted by Crippen LogP contribution is 2.26. The lowest BCUT2D eigenvalue weighted by molar-refractivity contribution is 0.0478. The van der Waals surface area contributed by atoms with Gasteiger partial charge in [-0.3, -0.25) is 0 Å². The first-order chi connectivity index (χ1) is 5.16. The maximum absolute atomic E-state index is 12.0. The van der Waals surface area contributed by atoms with Gasteiger partial charge < -0.3 is 4.74 Å². The van der Waals surface area contributed by atoms with Crippen molar-refractivity contribution in [3.05, 3.63) is 11.2 Å². The van der Waals surface area contributed by atoms with E-state index in [1.165, 1.54) is 7.11 Å². The predicted octanol–water partition coefficient (Wildman–Crippen LogP) is 1.74. The van der Waals surface area contributed by atoms with E-state index in [1.54, 1.807) is 0 Å². The van der Waals surface area contributed by atoms with E-state index in [2.05, 4.69) is 16.0 Å². The van der Waals surface area contributed by atoms with Crippen LogP contribution in [-0.4, -0.2) is 16.9 Å². The standard InChI is InChI=1S/C5H4ClF2N2O/c1-11-4-3(6)2-9-10(4)5(7)8/h5H,1H3. The zero-order valence-electron chi connectivity index (χ0n) is 5.51. The van der Waals surface area contributed by atoms with Crippen LogP contribution in [0.1, 0.15) is 6.55 Å². The molecule has 0 N–H and O–H groups in total. The van der Waals surface area contributed by atoms with E-state index in [4.69, 9.17) is 11.6 Å². The molecule has 0 saturated carbocycles. The van der Waals surface area contributed by atoms with Crippen molar-refractivity contribution in [2.45, 2.75) is 6.55 Å². The molecule has 3 nitrogen and oxygen atoms in total. The fourth-order valence-electron chi connectivity index (χ4n) is 0.607. The van der Waals surface area contributed by atoms with E-state index in [-0.39, 0.29) is 10.9 Å². The summed E-state index contributed by atoms with van der Waals surface area (Å²) in [5, 5.41) is 3.12. The maximum atomic E-state index is 12.0. The van der Waals surface area contributed by atoms with Crippen molar-refractivity contribution in [2.75, 3.05) is 7.11 Å². The van der Waals surface area contributed by atoms with E-state index in [1.807, 2.05) is 0 Å². The summed E-state index contributed by atoms with van der Waals surface area (Å²) in [5.74, 6) is -0.179. The average Bonchev–Trinajstić information content (AvgIpc) is 2.30. The summed E-state index contributed by atoms with van der Waals surface area (Å²) >= 11 is 5.39. The first-order valence-corrected chi connectivity index (χ1v) is 3.02. The summed E-state index contributed by atoms with van der Waals surface area (Å²) in [7, 11) is 1.23. The zero-order valence-corrected chi connectivity index (χ0v) is 6.27. The molecule has 1 rings (SSSR count). The Morgan fingerprint density at radius 3 is 2.73 bits per heavy atom. The van der Waals surface area contributed by atoms with Crippen molar-refractivity contribution in [1.29, 1.82) is 0 Å². The lowest BCUT2D eigenvalue weighted by atomic mass is 10.7. The molecule has 0 aliphatic carbocycles. The third-order valence-electron chi connectivity index (χ3n) is 1.03. The molecule has 0 aromatic carbocycles. The lowest BCUT2D eigenvalue weighted by Crippen LogP contribution is -2.02. The van der Waals surface area contributed by atoms with Gasteiger partial charge in [0.2, 0.25) is 5.88 Å². The van der Waals surface area contributed by atoms with Gasteiger partial charge >= 0.3 is 6.55 Å². The van der Waals surface area contributed by atoms with Crippen LogP contribution in [0.2, 0.25) is 5.02 Å². The first-order valence-electron chi connectivity index (χ1n) is 2.64. The molecule has 0 aliphatic rings. The molecule has 0 spiro atoms. The van der Waals surface area contributed by atoms with Crippen LogP contribution >= 0.6 is 11.6 Å². The Morgan fingerprint density at radius 1 is 1.73 bits per heavy atom. The van der Waals surface area contributed by atoms with E-state index in [0.717, 1.165) is 0 Å². The molecule has 6 heteroatoms. The number of rotatable bonds is 2. The van der Waals surface area contributed by atoms with Crippen LogP contribution in [0.25, 0.3) is 0 Å². The van der Waals surface area contributed by atoms with Crippen molar-refractivity contribution < 1.29 is 13.5 Å². The van der Waals surface area contributed by atoms with Crippen LogP contribution in [0.15, 0.2) is 0 Å². The van der Waals surface area contributed by atoms with Crippen LogP contribution < -0.4 is 4.74 Å². The highest BCUT2D eigenvalue weighted by Gasteiger charge is 2.16. The van der Waals surface area contributed by atoms with Gasteiger partial charge in [-0.25, -0.2) is 0 Å². The van der Waals surface area contributed by atoms with Gasteiger partial charge in [0.1, 0.15) is 11.2 Å². The number of hydrogen-bond acceptors (Lipinski definition) is 2. The Bertz CT molecular complexity index is 251. The third kappa shape index (κ3) is 1.42. The molecule has 0 fully saturated rings. The Hall–Kier alpha value is -0.840. The Kier molecular flexibility index (Phi) is 2.28. The molecule has 0 unspecified atom stereocenters. The van der Waals surface area contributed by atoms with Crippen LogP contribution in [0.4, 0.5) is 8.78 Å².